The molecular weight excluding hydrogens is 389 g/mol. The van der Waals surface area contributed by atoms with E-state index in [2.05, 4.69) is 0 Å². The van der Waals surface area contributed by atoms with Gasteiger partial charge in [-0.3, -0.25) is 9.36 Å². The van der Waals surface area contributed by atoms with Crippen molar-refractivity contribution in [1.82, 2.24) is 9.47 Å². The van der Waals surface area contributed by atoms with Crippen molar-refractivity contribution in [3.63, 3.8) is 0 Å². The van der Waals surface area contributed by atoms with Crippen molar-refractivity contribution < 1.29 is 18.7 Å². The average molecular weight is 413 g/mol. The van der Waals surface area contributed by atoms with Crippen LogP contribution < -0.4 is 10.3 Å². The number of likely N-dealkylation sites (tertiary alicyclic amines) is 1. The molecule has 8 heteroatoms. The Kier molecular flexibility index (Phi) is 6.11. The summed E-state index contributed by atoms with van der Waals surface area (Å²) in [6.07, 6.45) is 2.20. The van der Waals surface area contributed by atoms with Crippen LogP contribution in [0, 0.1) is 17.1 Å². The van der Waals surface area contributed by atoms with Crippen molar-refractivity contribution in [1.29, 1.82) is 5.26 Å². The van der Waals surface area contributed by atoms with Crippen LogP contribution in [0.15, 0.2) is 41.3 Å². The predicted molar refractivity (Wildman–Crippen MR) is 108 cm³/mol. The van der Waals surface area contributed by atoms with Crippen molar-refractivity contribution in [2.24, 2.45) is 0 Å². The van der Waals surface area contributed by atoms with Gasteiger partial charge in [-0.1, -0.05) is 0 Å². The van der Waals surface area contributed by atoms with E-state index >= 15 is 0 Å². The zero-order chi connectivity index (χ0) is 21.9. The molecular formula is C22H24FN3O4. The Morgan fingerprint density at radius 2 is 1.90 bits per heavy atom. The first-order chi connectivity index (χ1) is 14.2. The molecule has 1 fully saturated rings. The first-order valence-electron chi connectivity index (χ1n) is 9.73. The van der Waals surface area contributed by atoms with E-state index in [0.29, 0.717) is 31.7 Å². The van der Waals surface area contributed by atoms with Gasteiger partial charge in [0.25, 0.3) is 5.56 Å². The third kappa shape index (κ3) is 5.17. The predicted octanol–water partition coefficient (Wildman–Crippen LogP) is 3.63. The lowest BCUT2D eigenvalue weighted by molar-refractivity contribution is 0.0126. The molecule has 1 aliphatic heterocycles. The highest BCUT2D eigenvalue weighted by Gasteiger charge is 2.27. The molecule has 1 saturated heterocycles. The average Bonchev–Trinajstić information content (AvgIpc) is 2.68. The third-order valence-corrected chi connectivity index (χ3v) is 4.62. The molecule has 0 unspecified atom stereocenters. The number of nitrogens with zero attached hydrogens (tertiary/aromatic N) is 3. The van der Waals surface area contributed by atoms with E-state index in [1.54, 1.807) is 11.0 Å². The van der Waals surface area contributed by atoms with Gasteiger partial charge in [-0.2, -0.15) is 5.26 Å². The maximum Gasteiger partial charge on any atom is 0.410 e. The third-order valence-electron chi connectivity index (χ3n) is 4.62. The highest BCUT2D eigenvalue weighted by molar-refractivity contribution is 5.68. The standard InChI is InChI=1S/C22H24FN3O4/c1-22(2,3)30-21(28)25-9-6-16(7-10-25)29-17-8-11-26(20(27)13-17)19-5-4-15(14-24)12-18(19)23/h4-5,8,11-13,16H,6-7,9-10H2,1-3H3. The minimum Gasteiger partial charge on any atom is -0.490 e. The van der Waals surface area contributed by atoms with E-state index in [-0.39, 0.29) is 23.4 Å². The molecule has 1 aromatic carbocycles. The number of amides is 1. The lowest BCUT2D eigenvalue weighted by Crippen LogP contribution is -2.44. The van der Waals surface area contributed by atoms with E-state index < -0.39 is 17.0 Å². The summed E-state index contributed by atoms with van der Waals surface area (Å²) in [7, 11) is 0. The van der Waals surface area contributed by atoms with Crippen LogP contribution in [-0.4, -0.2) is 40.4 Å². The number of rotatable bonds is 3. The SMILES string of the molecule is CC(C)(C)OC(=O)N1CCC(Oc2ccn(-c3ccc(C#N)cc3F)c(=O)c2)CC1. The van der Waals surface area contributed by atoms with Crippen LogP contribution in [0.2, 0.25) is 0 Å². The molecule has 0 bridgehead atoms. The second kappa shape index (κ2) is 8.57. The Morgan fingerprint density at radius 3 is 2.47 bits per heavy atom. The van der Waals surface area contributed by atoms with E-state index in [9.17, 15) is 14.0 Å². The normalized spacial score (nSPS) is 14.8. The van der Waals surface area contributed by atoms with E-state index in [1.807, 2.05) is 26.8 Å². The Morgan fingerprint density at radius 1 is 1.20 bits per heavy atom. The first kappa shape index (κ1) is 21.4. The molecule has 0 N–H and O–H groups in total. The molecule has 0 aliphatic carbocycles. The highest BCUT2D eigenvalue weighted by Crippen LogP contribution is 2.21. The first-order valence-corrected chi connectivity index (χ1v) is 9.73. The molecule has 1 aliphatic rings. The second-order valence-corrected chi connectivity index (χ2v) is 8.13. The number of nitriles is 1. The van der Waals surface area contributed by atoms with Crippen LogP contribution in [0.5, 0.6) is 5.75 Å². The van der Waals surface area contributed by atoms with Crippen molar-refractivity contribution in [2.45, 2.75) is 45.3 Å². The summed E-state index contributed by atoms with van der Waals surface area (Å²) in [5, 5.41) is 8.84. The van der Waals surface area contributed by atoms with Crippen molar-refractivity contribution in [3.05, 3.63) is 58.3 Å². The molecule has 1 amide bonds. The number of carbonyl (C=O) groups excluding carboxylic acids is 1. The van der Waals surface area contributed by atoms with Gasteiger partial charge in [0.1, 0.15) is 23.3 Å². The van der Waals surface area contributed by atoms with Crippen LogP contribution in [0.1, 0.15) is 39.2 Å². The van der Waals surface area contributed by atoms with Gasteiger partial charge in [-0.25, -0.2) is 9.18 Å². The lowest BCUT2D eigenvalue weighted by Gasteiger charge is -2.33. The van der Waals surface area contributed by atoms with Gasteiger partial charge in [-0.15, -0.1) is 0 Å². The second-order valence-electron chi connectivity index (χ2n) is 8.13. The van der Waals surface area contributed by atoms with Gasteiger partial charge in [0, 0.05) is 38.2 Å². The van der Waals surface area contributed by atoms with Gasteiger partial charge >= 0.3 is 6.09 Å². The van der Waals surface area contributed by atoms with Crippen LogP contribution in [0.4, 0.5) is 9.18 Å². The number of carbonyl (C=O) groups is 1. The zero-order valence-corrected chi connectivity index (χ0v) is 17.2. The summed E-state index contributed by atoms with van der Waals surface area (Å²) in [6.45, 7) is 6.49. The van der Waals surface area contributed by atoms with Crippen LogP contribution in [0.3, 0.4) is 0 Å². The highest BCUT2D eigenvalue weighted by atomic mass is 19.1. The molecule has 0 spiro atoms. The smallest absolute Gasteiger partial charge is 0.410 e. The minimum atomic E-state index is -0.653. The number of pyridine rings is 1. The molecule has 158 valence electrons. The van der Waals surface area contributed by atoms with Crippen LogP contribution in [-0.2, 0) is 4.74 Å². The van der Waals surface area contributed by atoms with Crippen molar-refractivity contribution >= 4 is 6.09 Å². The Hall–Kier alpha value is -3.34. The van der Waals surface area contributed by atoms with Gasteiger partial charge in [0.05, 0.1) is 17.3 Å². The van der Waals surface area contributed by atoms with Gasteiger partial charge in [0.2, 0.25) is 0 Å². The molecule has 0 radical (unpaired) electrons. The Labute approximate surface area is 174 Å². The molecule has 30 heavy (non-hydrogen) atoms. The number of hydrogen-bond acceptors (Lipinski definition) is 5. The number of hydrogen-bond donors (Lipinski definition) is 0. The Balaban J connectivity index is 1.63. The maximum absolute atomic E-state index is 14.2. The van der Waals surface area contributed by atoms with Crippen LogP contribution >= 0.6 is 0 Å². The van der Waals surface area contributed by atoms with Gasteiger partial charge < -0.3 is 14.4 Å². The zero-order valence-electron chi connectivity index (χ0n) is 17.2. The molecule has 1 aromatic heterocycles. The largest absolute Gasteiger partial charge is 0.490 e. The number of halogens is 1. The number of piperidine rings is 1. The summed E-state index contributed by atoms with van der Waals surface area (Å²) >= 11 is 0. The minimum absolute atomic E-state index is 0.0659. The fourth-order valence-corrected chi connectivity index (χ4v) is 3.18. The fraction of sp³-hybridized carbons (Fsp3) is 0.409. The van der Waals surface area contributed by atoms with Crippen molar-refractivity contribution in [2.75, 3.05) is 13.1 Å². The molecule has 3 rings (SSSR count). The molecule has 2 heterocycles. The number of benzene rings is 1. The van der Waals surface area contributed by atoms with Gasteiger partial charge in [0.15, 0.2) is 0 Å². The molecule has 7 nitrogen and oxygen atoms in total. The maximum atomic E-state index is 14.2. The Bertz CT molecular complexity index is 1030. The molecule has 0 saturated carbocycles. The summed E-state index contributed by atoms with van der Waals surface area (Å²) < 4.78 is 26.6. The van der Waals surface area contributed by atoms with Gasteiger partial charge in [-0.05, 0) is 45.0 Å². The van der Waals surface area contributed by atoms with E-state index in [1.165, 1.54) is 24.4 Å². The summed E-state index contributed by atoms with van der Waals surface area (Å²) in [6, 6.07) is 8.69. The topological polar surface area (TPSA) is 84.6 Å². The summed E-state index contributed by atoms with van der Waals surface area (Å²) in [4.78, 5) is 26.2. The van der Waals surface area contributed by atoms with Crippen molar-refractivity contribution in [3.8, 4) is 17.5 Å². The van der Waals surface area contributed by atoms with E-state index in [4.69, 9.17) is 14.7 Å². The lowest BCUT2D eigenvalue weighted by atomic mass is 10.1. The summed E-state index contributed by atoms with van der Waals surface area (Å²) in [5.74, 6) is -0.264. The number of aromatic nitrogens is 1. The van der Waals surface area contributed by atoms with E-state index in [0.717, 1.165) is 10.6 Å². The molecule has 0 atom stereocenters. The quantitative estimate of drug-likeness (QED) is 0.767. The monoisotopic (exact) mass is 413 g/mol. The fourth-order valence-electron chi connectivity index (χ4n) is 3.18. The molecule has 2 aromatic rings. The number of ether oxygens (including phenoxy) is 2. The van der Waals surface area contributed by atoms with Crippen LogP contribution in [0.25, 0.3) is 5.69 Å². The summed E-state index contributed by atoms with van der Waals surface area (Å²) in [5.41, 5.74) is -0.733.